The number of hydrogen-bond donors (Lipinski definition) is 1. The lowest BCUT2D eigenvalue weighted by Gasteiger charge is -2.35. The molecule has 1 fully saturated rings. The maximum atomic E-state index is 10.5. The Bertz CT molecular complexity index is 476. The van der Waals surface area contributed by atoms with Gasteiger partial charge < -0.3 is 5.11 Å². The summed E-state index contributed by atoms with van der Waals surface area (Å²) in [4.78, 5) is 0. The van der Waals surface area contributed by atoms with Crippen LogP contribution in [0, 0.1) is 17.2 Å². The van der Waals surface area contributed by atoms with Crippen molar-refractivity contribution in [1.82, 2.24) is 0 Å². The van der Waals surface area contributed by atoms with E-state index in [9.17, 15) is 5.11 Å². The van der Waals surface area contributed by atoms with E-state index in [4.69, 9.17) is 5.26 Å². The predicted octanol–water partition coefficient (Wildman–Crippen LogP) is 2.56. The summed E-state index contributed by atoms with van der Waals surface area (Å²) in [6.07, 6.45) is 4.30. The highest BCUT2D eigenvalue weighted by Gasteiger charge is 2.53. The van der Waals surface area contributed by atoms with E-state index in [1.807, 2.05) is 6.07 Å². The fourth-order valence-corrected chi connectivity index (χ4v) is 4.01. The monoisotopic (exact) mass is 227 g/mol. The molecule has 2 nitrogen and oxygen atoms in total. The highest BCUT2D eigenvalue weighted by molar-refractivity contribution is 5.43. The van der Waals surface area contributed by atoms with Crippen molar-refractivity contribution in [2.75, 3.05) is 0 Å². The molecular weight excluding hydrogens is 210 g/mol. The van der Waals surface area contributed by atoms with Crippen molar-refractivity contribution in [3.8, 4) is 6.07 Å². The molecule has 0 bridgehead atoms. The zero-order valence-corrected chi connectivity index (χ0v) is 9.89. The van der Waals surface area contributed by atoms with E-state index < -0.39 is 0 Å². The summed E-state index contributed by atoms with van der Waals surface area (Å²) < 4.78 is 0. The molecule has 0 heterocycles. The van der Waals surface area contributed by atoms with Crippen molar-refractivity contribution in [3.05, 3.63) is 35.4 Å². The van der Waals surface area contributed by atoms with E-state index >= 15 is 0 Å². The van der Waals surface area contributed by atoms with Crippen LogP contribution in [-0.2, 0) is 11.8 Å². The Labute approximate surface area is 102 Å². The summed E-state index contributed by atoms with van der Waals surface area (Å²) in [7, 11) is 0. The second kappa shape index (κ2) is 3.85. The molecule has 1 aromatic carbocycles. The fourth-order valence-electron chi connectivity index (χ4n) is 4.01. The van der Waals surface area contributed by atoms with Gasteiger partial charge in [0.15, 0.2) is 0 Å². The molecule has 3 rings (SSSR count). The molecule has 3 unspecified atom stereocenters. The fraction of sp³-hybridized carbons (Fsp3) is 0.533. The summed E-state index contributed by atoms with van der Waals surface area (Å²) in [6, 6.07) is 10.7. The summed E-state index contributed by atoms with van der Waals surface area (Å²) >= 11 is 0. The van der Waals surface area contributed by atoms with Gasteiger partial charge >= 0.3 is 0 Å². The zero-order valence-electron chi connectivity index (χ0n) is 9.89. The minimum absolute atomic E-state index is 0.119. The van der Waals surface area contributed by atoms with E-state index in [0.717, 1.165) is 25.7 Å². The van der Waals surface area contributed by atoms with Crippen molar-refractivity contribution in [2.24, 2.45) is 5.92 Å². The molecule has 3 atom stereocenters. The lowest BCUT2D eigenvalue weighted by molar-refractivity contribution is 0.0708. The Balaban J connectivity index is 2.10. The van der Waals surface area contributed by atoms with Crippen LogP contribution in [0.25, 0.3) is 0 Å². The minimum Gasteiger partial charge on any atom is -0.392 e. The zero-order chi connectivity index (χ0) is 11.9. The first kappa shape index (κ1) is 10.8. The number of rotatable bonds is 1. The summed E-state index contributed by atoms with van der Waals surface area (Å²) in [5.41, 5.74) is 2.47. The van der Waals surface area contributed by atoms with Crippen LogP contribution in [0.1, 0.15) is 36.8 Å². The highest BCUT2D eigenvalue weighted by atomic mass is 16.3. The van der Waals surface area contributed by atoms with Crippen molar-refractivity contribution >= 4 is 0 Å². The first-order valence-electron chi connectivity index (χ1n) is 6.42. The SMILES string of the molecule is N#CCC1CCCC12c1ccccc1CC2O. The first-order chi connectivity index (χ1) is 8.29. The van der Waals surface area contributed by atoms with Gasteiger partial charge in [0.2, 0.25) is 0 Å². The second-order valence-corrected chi connectivity index (χ2v) is 5.37. The highest BCUT2D eigenvalue weighted by Crippen LogP contribution is 2.54. The maximum absolute atomic E-state index is 10.5. The van der Waals surface area contributed by atoms with Crippen LogP contribution in [0.3, 0.4) is 0 Å². The summed E-state index contributed by atoms with van der Waals surface area (Å²) in [5, 5.41) is 19.5. The van der Waals surface area contributed by atoms with Gasteiger partial charge in [0, 0.05) is 11.8 Å². The van der Waals surface area contributed by atoms with Gasteiger partial charge in [-0.25, -0.2) is 0 Å². The number of nitriles is 1. The molecule has 2 aliphatic carbocycles. The van der Waals surface area contributed by atoms with Crippen LogP contribution < -0.4 is 0 Å². The Morgan fingerprint density at radius 2 is 2.24 bits per heavy atom. The number of hydrogen-bond acceptors (Lipinski definition) is 2. The first-order valence-corrected chi connectivity index (χ1v) is 6.42. The maximum Gasteiger partial charge on any atom is 0.0680 e. The third-order valence-corrected chi connectivity index (χ3v) is 4.74. The number of benzene rings is 1. The Hall–Kier alpha value is -1.33. The molecule has 2 heteroatoms. The lowest BCUT2D eigenvalue weighted by Crippen LogP contribution is -2.39. The normalized spacial score (nSPS) is 34.8. The molecule has 2 aliphatic rings. The second-order valence-electron chi connectivity index (χ2n) is 5.37. The number of nitrogens with zero attached hydrogens (tertiary/aromatic N) is 1. The number of aliphatic hydroxyl groups excluding tert-OH is 1. The van der Waals surface area contributed by atoms with E-state index in [1.165, 1.54) is 11.1 Å². The number of fused-ring (bicyclic) bond motifs is 2. The summed E-state index contributed by atoms with van der Waals surface area (Å²) in [5.74, 6) is 0.339. The Kier molecular flexibility index (Phi) is 2.45. The molecule has 0 radical (unpaired) electrons. The molecule has 88 valence electrons. The smallest absolute Gasteiger partial charge is 0.0680 e. The van der Waals surface area contributed by atoms with Gasteiger partial charge in [-0.1, -0.05) is 30.7 Å². The number of aliphatic hydroxyl groups is 1. The average molecular weight is 227 g/mol. The van der Waals surface area contributed by atoms with E-state index in [0.29, 0.717) is 12.3 Å². The van der Waals surface area contributed by atoms with E-state index in [-0.39, 0.29) is 11.5 Å². The molecule has 0 amide bonds. The quantitative estimate of drug-likeness (QED) is 0.801. The average Bonchev–Trinajstić information content (AvgIpc) is 2.86. The third kappa shape index (κ3) is 1.36. The van der Waals surface area contributed by atoms with Gasteiger partial charge in [0.05, 0.1) is 12.2 Å². The van der Waals surface area contributed by atoms with Crippen molar-refractivity contribution in [3.63, 3.8) is 0 Å². The van der Waals surface area contributed by atoms with Gasteiger partial charge in [-0.05, 0) is 36.3 Å². The largest absolute Gasteiger partial charge is 0.392 e. The topological polar surface area (TPSA) is 44.0 Å². The van der Waals surface area contributed by atoms with Crippen LogP contribution in [0.2, 0.25) is 0 Å². The molecule has 0 aliphatic heterocycles. The van der Waals surface area contributed by atoms with Gasteiger partial charge in [-0.15, -0.1) is 0 Å². The summed E-state index contributed by atoms with van der Waals surface area (Å²) in [6.45, 7) is 0. The van der Waals surface area contributed by atoms with Gasteiger partial charge in [-0.2, -0.15) is 5.26 Å². The standard InChI is InChI=1S/C15H17NO/c16-9-7-12-5-3-8-15(12)13-6-2-1-4-11(13)10-14(15)17/h1-2,4,6,12,14,17H,3,5,7-8,10H2. The molecule has 1 saturated carbocycles. The van der Waals surface area contributed by atoms with Crippen LogP contribution in [0.5, 0.6) is 0 Å². The lowest BCUT2D eigenvalue weighted by atomic mass is 9.70. The molecular formula is C15H17NO. The van der Waals surface area contributed by atoms with E-state index in [2.05, 4.69) is 24.3 Å². The van der Waals surface area contributed by atoms with E-state index in [1.54, 1.807) is 0 Å². The third-order valence-electron chi connectivity index (χ3n) is 4.74. The van der Waals surface area contributed by atoms with Crippen molar-refractivity contribution < 1.29 is 5.11 Å². The molecule has 0 saturated heterocycles. The predicted molar refractivity (Wildman–Crippen MR) is 65.4 cm³/mol. The molecule has 1 N–H and O–H groups in total. The van der Waals surface area contributed by atoms with Gasteiger partial charge in [0.25, 0.3) is 0 Å². The van der Waals surface area contributed by atoms with Crippen LogP contribution in [0.15, 0.2) is 24.3 Å². The molecule has 1 aromatic rings. The Morgan fingerprint density at radius 3 is 3.06 bits per heavy atom. The molecule has 0 aromatic heterocycles. The van der Waals surface area contributed by atoms with Crippen molar-refractivity contribution in [2.45, 2.75) is 43.6 Å². The van der Waals surface area contributed by atoms with Crippen molar-refractivity contribution in [1.29, 1.82) is 5.26 Å². The van der Waals surface area contributed by atoms with Crippen LogP contribution in [0.4, 0.5) is 0 Å². The minimum atomic E-state index is -0.291. The van der Waals surface area contributed by atoms with Crippen LogP contribution in [-0.4, -0.2) is 11.2 Å². The van der Waals surface area contributed by atoms with Gasteiger partial charge in [-0.3, -0.25) is 0 Å². The molecule has 17 heavy (non-hydrogen) atoms. The van der Waals surface area contributed by atoms with Gasteiger partial charge in [0.1, 0.15) is 0 Å². The molecule has 1 spiro atoms. The Morgan fingerprint density at radius 1 is 1.41 bits per heavy atom. The van der Waals surface area contributed by atoms with Crippen LogP contribution >= 0.6 is 0 Å².